The Bertz CT molecular complexity index is 866. The molecule has 0 saturated carbocycles. The molecular formula is C14H11ClF3N5O2. The summed E-state index contributed by atoms with van der Waals surface area (Å²) in [5.74, 6) is -0.307. The van der Waals surface area contributed by atoms with Crippen LogP contribution in [0.2, 0.25) is 5.02 Å². The quantitative estimate of drug-likeness (QED) is 0.856. The van der Waals surface area contributed by atoms with Crippen LogP contribution in [0.3, 0.4) is 0 Å². The second kappa shape index (κ2) is 6.36. The van der Waals surface area contributed by atoms with E-state index in [0.29, 0.717) is 19.3 Å². The highest BCUT2D eigenvalue weighted by molar-refractivity contribution is 6.33. The maximum absolute atomic E-state index is 12.6. The monoisotopic (exact) mass is 373 g/mol. The van der Waals surface area contributed by atoms with Gasteiger partial charge in [-0.15, -0.1) is 0 Å². The van der Waals surface area contributed by atoms with Gasteiger partial charge in [0.25, 0.3) is 5.56 Å². The van der Waals surface area contributed by atoms with Crippen molar-refractivity contribution in [2.45, 2.75) is 6.18 Å². The molecule has 2 aromatic heterocycles. The predicted molar refractivity (Wildman–Crippen MR) is 82.9 cm³/mol. The van der Waals surface area contributed by atoms with Crippen LogP contribution in [0.15, 0.2) is 29.3 Å². The SMILES string of the molecule is O=C1CN(c2cnn(-c3ccc(C(F)(F)F)cn3)c(=O)c2Cl)CCN1. The lowest BCUT2D eigenvalue weighted by Gasteiger charge is -2.28. The number of hydrogen-bond donors (Lipinski definition) is 1. The molecule has 1 aliphatic rings. The molecule has 0 unspecified atom stereocenters. The van der Waals surface area contributed by atoms with Crippen molar-refractivity contribution in [2.75, 3.05) is 24.5 Å². The molecule has 0 radical (unpaired) electrons. The van der Waals surface area contributed by atoms with Crippen LogP contribution in [0.1, 0.15) is 5.56 Å². The van der Waals surface area contributed by atoms with E-state index in [1.54, 1.807) is 4.90 Å². The van der Waals surface area contributed by atoms with E-state index in [-0.39, 0.29) is 29.0 Å². The van der Waals surface area contributed by atoms with Gasteiger partial charge in [-0.25, -0.2) is 4.98 Å². The second-order valence-corrected chi connectivity index (χ2v) is 5.61. The number of carbonyl (C=O) groups excluding carboxylic acids is 1. The minimum atomic E-state index is -4.53. The Kier molecular flexibility index (Phi) is 4.38. The number of pyridine rings is 1. The van der Waals surface area contributed by atoms with E-state index < -0.39 is 17.3 Å². The Morgan fingerprint density at radius 1 is 1.20 bits per heavy atom. The number of nitrogens with one attached hydrogen (secondary N) is 1. The van der Waals surface area contributed by atoms with Crippen LogP contribution in [0.25, 0.3) is 5.82 Å². The number of halogens is 4. The zero-order valence-corrected chi connectivity index (χ0v) is 13.3. The minimum absolute atomic E-state index is 0.0311. The van der Waals surface area contributed by atoms with Gasteiger partial charge in [0.15, 0.2) is 5.82 Å². The van der Waals surface area contributed by atoms with Crippen LogP contribution in [-0.4, -0.2) is 40.3 Å². The van der Waals surface area contributed by atoms with E-state index in [1.165, 1.54) is 6.20 Å². The summed E-state index contributed by atoms with van der Waals surface area (Å²) >= 11 is 6.08. The molecule has 0 spiro atoms. The van der Waals surface area contributed by atoms with Gasteiger partial charge >= 0.3 is 6.18 Å². The molecule has 0 bridgehead atoms. The van der Waals surface area contributed by atoms with E-state index in [4.69, 9.17) is 11.6 Å². The summed E-state index contributed by atoms with van der Waals surface area (Å²) < 4.78 is 38.5. The summed E-state index contributed by atoms with van der Waals surface area (Å²) in [7, 11) is 0. The van der Waals surface area contributed by atoms with Gasteiger partial charge in [0.2, 0.25) is 5.91 Å². The van der Waals surface area contributed by atoms with Crippen molar-refractivity contribution >= 4 is 23.2 Å². The standard InChI is InChI=1S/C14H11ClF3N5O2/c15-12-9(22-4-3-19-11(24)7-22)6-21-23(13(12)25)10-2-1-8(5-20-10)14(16,17)18/h1-2,5-6H,3-4,7H2,(H,19,24). The molecule has 0 aromatic carbocycles. The first-order valence-corrected chi connectivity index (χ1v) is 7.48. The first-order valence-electron chi connectivity index (χ1n) is 7.10. The predicted octanol–water partition coefficient (Wildman–Crippen LogP) is 1.24. The number of carbonyl (C=O) groups is 1. The number of amides is 1. The lowest BCUT2D eigenvalue weighted by atomic mass is 10.3. The molecule has 1 N–H and O–H groups in total. The van der Waals surface area contributed by atoms with Crippen LogP contribution < -0.4 is 15.8 Å². The average Bonchev–Trinajstić information content (AvgIpc) is 2.56. The van der Waals surface area contributed by atoms with E-state index >= 15 is 0 Å². The molecule has 2 aromatic rings. The van der Waals surface area contributed by atoms with Gasteiger partial charge in [0, 0.05) is 19.3 Å². The maximum Gasteiger partial charge on any atom is 0.417 e. The Hall–Kier alpha value is -2.62. The molecule has 1 saturated heterocycles. The topological polar surface area (TPSA) is 80.1 Å². The Morgan fingerprint density at radius 3 is 2.56 bits per heavy atom. The van der Waals surface area contributed by atoms with Crippen molar-refractivity contribution < 1.29 is 18.0 Å². The van der Waals surface area contributed by atoms with E-state index in [2.05, 4.69) is 15.4 Å². The molecule has 0 aliphatic carbocycles. The van der Waals surface area contributed by atoms with Crippen molar-refractivity contribution in [3.63, 3.8) is 0 Å². The summed E-state index contributed by atoms with van der Waals surface area (Å²) in [4.78, 5) is 29.0. The number of alkyl halides is 3. The summed E-state index contributed by atoms with van der Waals surface area (Å²) in [5, 5.41) is 6.36. The lowest BCUT2D eigenvalue weighted by Crippen LogP contribution is -2.48. The van der Waals surface area contributed by atoms with Gasteiger partial charge in [0.05, 0.1) is 24.0 Å². The molecule has 132 valence electrons. The Balaban J connectivity index is 1.95. The van der Waals surface area contributed by atoms with Crippen molar-refractivity contribution in [3.8, 4) is 5.82 Å². The van der Waals surface area contributed by atoms with Crippen molar-refractivity contribution in [2.24, 2.45) is 0 Å². The summed E-state index contributed by atoms with van der Waals surface area (Å²) in [6.45, 7) is 0.886. The Morgan fingerprint density at radius 2 is 1.96 bits per heavy atom. The first-order chi connectivity index (χ1) is 11.8. The maximum atomic E-state index is 12.6. The second-order valence-electron chi connectivity index (χ2n) is 5.24. The lowest BCUT2D eigenvalue weighted by molar-refractivity contribution is -0.137. The third kappa shape index (κ3) is 3.43. The summed E-state index contributed by atoms with van der Waals surface area (Å²) in [5.41, 5.74) is -1.39. The van der Waals surface area contributed by atoms with Crippen LogP contribution in [0.5, 0.6) is 0 Å². The molecule has 3 rings (SSSR count). The molecule has 1 amide bonds. The van der Waals surface area contributed by atoms with Crippen molar-refractivity contribution in [1.82, 2.24) is 20.1 Å². The van der Waals surface area contributed by atoms with Gasteiger partial charge < -0.3 is 10.2 Å². The van der Waals surface area contributed by atoms with Crippen LogP contribution in [-0.2, 0) is 11.0 Å². The number of aromatic nitrogens is 3. The smallest absolute Gasteiger partial charge is 0.358 e. The minimum Gasteiger partial charge on any atom is -0.358 e. The molecule has 25 heavy (non-hydrogen) atoms. The third-order valence-electron chi connectivity index (χ3n) is 3.57. The number of rotatable bonds is 2. The first kappa shape index (κ1) is 17.2. The molecule has 1 fully saturated rings. The van der Waals surface area contributed by atoms with Crippen LogP contribution in [0.4, 0.5) is 18.9 Å². The zero-order chi connectivity index (χ0) is 18.2. The van der Waals surface area contributed by atoms with Crippen molar-refractivity contribution in [1.29, 1.82) is 0 Å². The summed E-state index contributed by atoms with van der Waals surface area (Å²) in [6.07, 6.45) is -2.64. The number of hydrogen-bond acceptors (Lipinski definition) is 5. The fourth-order valence-electron chi connectivity index (χ4n) is 2.33. The normalized spacial score (nSPS) is 15.2. The van der Waals surface area contributed by atoms with E-state index in [1.807, 2.05) is 0 Å². The fraction of sp³-hybridized carbons (Fsp3) is 0.286. The van der Waals surface area contributed by atoms with Gasteiger partial charge in [-0.2, -0.15) is 23.0 Å². The highest BCUT2D eigenvalue weighted by Crippen LogP contribution is 2.28. The van der Waals surface area contributed by atoms with Gasteiger partial charge in [0.1, 0.15) is 5.02 Å². The highest BCUT2D eigenvalue weighted by atomic mass is 35.5. The molecule has 11 heteroatoms. The third-order valence-corrected chi connectivity index (χ3v) is 3.93. The molecular weight excluding hydrogens is 363 g/mol. The van der Waals surface area contributed by atoms with Gasteiger partial charge in [-0.05, 0) is 12.1 Å². The molecule has 7 nitrogen and oxygen atoms in total. The van der Waals surface area contributed by atoms with E-state index in [9.17, 15) is 22.8 Å². The highest BCUT2D eigenvalue weighted by Gasteiger charge is 2.31. The molecule has 3 heterocycles. The average molecular weight is 374 g/mol. The Labute approximate surface area is 144 Å². The van der Waals surface area contributed by atoms with E-state index in [0.717, 1.165) is 16.8 Å². The van der Waals surface area contributed by atoms with Crippen molar-refractivity contribution in [3.05, 3.63) is 45.5 Å². The fourth-order valence-corrected chi connectivity index (χ4v) is 2.58. The number of nitrogens with zero attached hydrogens (tertiary/aromatic N) is 4. The largest absolute Gasteiger partial charge is 0.417 e. The number of piperazine rings is 1. The van der Waals surface area contributed by atoms with Gasteiger partial charge in [-0.3, -0.25) is 9.59 Å². The summed E-state index contributed by atoms with van der Waals surface area (Å²) in [6, 6.07) is 1.83. The van der Waals surface area contributed by atoms with Crippen LogP contribution >= 0.6 is 11.6 Å². The molecule has 0 atom stereocenters. The van der Waals surface area contributed by atoms with Crippen LogP contribution in [0, 0.1) is 0 Å². The van der Waals surface area contributed by atoms with Gasteiger partial charge in [-0.1, -0.05) is 11.6 Å². The molecule has 1 aliphatic heterocycles. The zero-order valence-electron chi connectivity index (χ0n) is 12.5. The number of anilines is 1.